The third-order valence-electron chi connectivity index (χ3n) is 6.88. The second-order valence-corrected chi connectivity index (χ2v) is 9.77. The van der Waals surface area contributed by atoms with Crippen molar-refractivity contribution in [3.05, 3.63) is 118 Å². The van der Waals surface area contributed by atoms with Crippen molar-refractivity contribution in [3.8, 4) is 0 Å². The van der Waals surface area contributed by atoms with Gasteiger partial charge in [-0.25, -0.2) is 13.2 Å². The van der Waals surface area contributed by atoms with Gasteiger partial charge in [-0.15, -0.1) is 0 Å². The molecule has 4 rings (SSSR count). The second-order valence-electron chi connectivity index (χ2n) is 9.77. The number of aliphatic hydroxyl groups excluding tert-OH is 1. The summed E-state index contributed by atoms with van der Waals surface area (Å²) in [7, 11) is 0. The highest BCUT2D eigenvalue weighted by molar-refractivity contribution is 6.08. The highest BCUT2D eigenvalue weighted by Crippen LogP contribution is 2.51. The van der Waals surface area contributed by atoms with Crippen molar-refractivity contribution in [1.29, 1.82) is 0 Å². The quantitative estimate of drug-likeness (QED) is 0.226. The Bertz CT molecular complexity index is 1340. The maximum Gasteiger partial charge on any atom is 0.416 e. The van der Waals surface area contributed by atoms with E-state index in [4.69, 9.17) is 0 Å². The molecule has 1 aliphatic rings. The van der Waals surface area contributed by atoms with Crippen molar-refractivity contribution >= 4 is 11.1 Å². The van der Waals surface area contributed by atoms with Gasteiger partial charge in [0.15, 0.2) is 6.80 Å². The molecule has 0 fully saturated rings. The molecule has 1 atom stereocenters. The van der Waals surface area contributed by atoms with Gasteiger partial charge in [-0.1, -0.05) is 50.2 Å². The average molecular weight is 546 g/mol. The Balaban J connectivity index is 2.09. The molecule has 0 bridgehead atoms. The third kappa shape index (κ3) is 5.91. The Morgan fingerprint density at radius 3 is 1.79 bits per heavy atom. The van der Waals surface area contributed by atoms with E-state index in [1.165, 1.54) is 36.4 Å². The van der Waals surface area contributed by atoms with Gasteiger partial charge in [0.25, 0.3) is 0 Å². The normalized spacial score (nSPS) is 16.5. The second kappa shape index (κ2) is 11.7. The van der Waals surface area contributed by atoms with Crippen molar-refractivity contribution in [2.24, 2.45) is 5.92 Å². The Kier molecular flexibility index (Phi) is 8.54. The lowest BCUT2D eigenvalue weighted by atomic mass is 9.76. The van der Waals surface area contributed by atoms with Crippen molar-refractivity contribution in [2.75, 3.05) is 13.4 Å². The van der Waals surface area contributed by atoms with Gasteiger partial charge in [0.05, 0.1) is 11.6 Å². The largest absolute Gasteiger partial charge is 0.416 e. The van der Waals surface area contributed by atoms with Gasteiger partial charge in [-0.3, -0.25) is 0 Å². The summed E-state index contributed by atoms with van der Waals surface area (Å²) in [5, 5.41) is 9.71. The third-order valence-corrected chi connectivity index (χ3v) is 6.88. The predicted octanol–water partition coefficient (Wildman–Crippen LogP) is 8.56. The van der Waals surface area contributed by atoms with Crippen LogP contribution in [0, 0.1) is 17.6 Å². The molecule has 0 radical (unpaired) electrons. The molecular weight excluding hydrogens is 516 g/mol. The van der Waals surface area contributed by atoms with Gasteiger partial charge < -0.3 is 10.0 Å². The molecule has 8 heteroatoms. The zero-order chi connectivity index (χ0) is 28.3. The molecule has 1 heterocycles. The van der Waals surface area contributed by atoms with Crippen LogP contribution in [0.1, 0.15) is 55.0 Å². The summed E-state index contributed by atoms with van der Waals surface area (Å²) in [4.78, 5) is 1.55. The molecule has 0 aliphatic carbocycles. The molecule has 0 saturated heterocycles. The van der Waals surface area contributed by atoms with Crippen LogP contribution < -0.4 is 0 Å². The van der Waals surface area contributed by atoms with Crippen LogP contribution >= 0.6 is 0 Å². The number of aliphatic hydroxyl groups is 1. The van der Waals surface area contributed by atoms with Crippen LogP contribution in [0.4, 0.5) is 26.3 Å². The topological polar surface area (TPSA) is 23.5 Å². The van der Waals surface area contributed by atoms with Crippen LogP contribution in [0.25, 0.3) is 11.1 Å². The van der Waals surface area contributed by atoms with Crippen LogP contribution in [0.5, 0.6) is 0 Å². The lowest BCUT2D eigenvalue weighted by Gasteiger charge is -2.44. The summed E-state index contributed by atoms with van der Waals surface area (Å²) in [6, 6.07) is 15.5. The smallest absolute Gasteiger partial charge is 0.396 e. The summed E-state index contributed by atoms with van der Waals surface area (Å²) < 4.78 is 83.0. The standard InChI is InChI=1S/C31H29F6NO/c1-19(2)29-28(21-5-11-23(12-6-21)31(35,36)37)27(20-7-13-24(33)14-8-20)26(4-3-17-39)30(38(29)18-32)22-9-15-25(34)16-10-22/h5-16,19,30,39H,3-4,17-18H2,1-2H3. The molecule has 39 heavy (non-hydrogen) atoms. The number of hydrogen-bond acceptors (Lipinski definition) is 2. The van der Waals surface area contributed by atoms with Crippen LogP contribution in [0.2, 0.25) is 0 Å². The minimum absolute atomic E-state index is 0.150. The van der Waals surface area contributed by atoms with E-state index < -0.39 is 36.2 Å². The van der Waals surface area contributed by atoms with Gasteiger partial charge in [0.2, 0.25) is 0 Å². The molecule has 0 aromatic heterocycles. The predicted molar refractivity (Wildman–Crippen MR) is 140 cm³/mol. The van der Waals surface area contributed by atoms with E-state index in [9.17, 15) is 27.1 Å². The van der Waals surface area contributed by atoms with Gasteiger partial charge in [-0.2, -0.15) is 13.2 Å². The van der Waals surface area contributed by atoms with Crippen molar-refractivity contribution in [3.63, 3.8) is 0 Å². The van der Waals surface area contributed by atoms with E-state index in [2.05, 4.69) is 0 Å². The fraction of sp³-hybridized carbons (Fsp3) is 0.290. The average Bonchev–Trinajstić information content (AvgIpc) is 2.91. The molecule has 1 aliphatic heterocycles. The van der Waals surface area contributed by atoms with Crippen molar-refractivity contribution in [2.45, 2.75) is 38.9 Å². The lowest BCUT2D eigenvalue weighted by Crippen LogP contribution is -2.35. The van der Waals surface area contributed by atoms with Crippen molar-refractivity contribution in [1.82, 2.24) is 4.90 Å². The molecule has 3 aromatic carbocycles. The van der Waals surface area contributed by atoms with Gasteiger partial charge in [-0.05, 0) is 83.0 Å². The van der Waals surface area contributed by atoms with E-state index in [0.29, 0.717) is 51.9 Å². The van der Waals surface area contributed by atoms with Crippen molar-refractivity contribution < 1.29 is 31.4 Å². The molecule has 2 nitrogen and oxygen atoms in total. The number of allylic oxidation sites excluding steroid dienone is 3. The Labute approximate surface area is 223 Å². The van der Waals surface area contributed by atoms with Crippen LogP contribution in [-0.4, -0.2) is 23.4 Å². The van der Waals surface area contributed by atoms with E-state index in [0.717, 1.165) is 12.1 Å². The SMILES string of the molecule is CC(C)C1=C(c2ccc(C(F)(F)F)cc2)C(c2ccc(F)cc2)=C(CCCO)C(c2ccc(F)cc2)N1CF. The fourth-order valence-corrected chi connectivity index (χ4v) is 5.27. The minimum Gasteiger partial charge on any atom is -0.396 e. The summed E-state index contributed by atoms with van der Waals surface area (Å²) in [6.45, 7) is 2.66. The zero-order valence-electron chi connectivity index (χ0n) is 21.6. The molecule has 206 valence electrons. The first-order valence-electron chi connectivity index (χ1n) is 12.7. The number of alkyl halides is 4. The first kappa shape index (κ1) is 28.5. The number of nitrogens with zero attached hydrogens (tertiary/aromatic N) is 1. The minimum atomic E-state index is -4.53. The van der Waals surface area contributed by atoms with Gasteiger partial charge >= 0.3 is 6.18 Å². The molecule has 0 spiro atoms. The number of hydrogen-bond donors (Lipinski definition) is 1. The van der Waals surface area contributed by atoms with E-state index in [1.807, 2.05) is 13.8 Å². The summed E-state index contributed by atoms with van der Waals surface area (Å²) in [5.41, 5.74) is 3.27. The highest BCUT2D eigenvalue weighted by atomic mass is 19.4. The maximum atomic E-state index is 15.0. The molecule has 1 unspecified atom stereocenters. The number of benzene rings is 3. The molecule has 1 N–H and O–H groups in total. The van der Waals surface area contributed by atoms with E-state index >= 15 is 4.39 Å². The molecular formula is C31H29F6NO. The summed E-state index contributed by atoms with van der Waals surface area (Å²) >= 11 is 0. The molecule has 0 saturated carbocycles. The lowest BCUT2D eigenvalue weighted by molar-refractivity contribution is -0.137. The van der Waals surface area contributed by atoms with Gasteiger partial charge in [0, 0.05) is 17.9 Å². The van der Waals surface area contributed by atoms with E-state index in [1.54, 1.807) is 29.2 Å². The fourth-order valence-electron chi connectivity index (χ4n) is 5.27. The Morgan fingerprint density at radius 1 is 0.795 bits per heavy atom. The highest BCUT2D eigenvalue weighted by Gasteiger charge is 2.38. The van der Waals surface area contributed by atoms with Crippen LogP contribution in [0.15, 0.2) is 84.1 Å². The number of rotatable bonds is 8. The summed E-state index contributed by atoms with van der Waals surface area (Å²) in [5.74, 6) is -1.18. The first-order valence-corrected chi connectivity index (χ1v) is 12.7. The molecule has 0 amide bonds. The Hall–Kier alpha value is -3.52. The van der Waals surface area contributed by atoms with Crippen LogP contribution in [-0.2, 0) is 6.18 Å². The first-order chi connectivity index (χ1) is 18.6. The summed E-state index contributed by atoms with van der Waals surface area (Å²) in [6.07, 6.45) is -3.88. The van der Waals surface area contributed by atoms with Gasteiger partial charge in [0.1, 0.15) is 11.6 Å². The van der Waals surface area contributed by atoms with E-state index in [-0.39, 0.29) is 12.5 Å². The van der Waals surface area contributed by atoms with Crippen LogP contribution in [0.3, 0.4) is 0 Å². The Morgan fingerprint density at radius 2 is 1.31 bits per heavy atom. The number of halogens is 6. The molecule has 3 aromatic rings. The monoisotopic (exact) mass is 545 g/mol. The zero-order valence-corrected chi connectivity index (χ0v) is 21.6. The maximum absolute atomic E-state index is 15.0.